The van der Waals surface area contributed by atoms with E-state index in [4.69, 9.17) is 0 Å². The normalized spacial score (nSPS) is 15.1. The van der Waals surface area contributed by atoms with Gasteiger partial charge in [-0.25, -0.2) is 5.01 Å². The van der Waals surface area contributed by atoms with Crippen molar-refractivity contribution >= 4 is 18.5 Å². The summed E-state index contributed by atoms with van der Waals surface area (Å²) in [5.41, 5.74) is 1.42. The van der Waals surface area contributed by atoms with Crippen molar-refractivity contribution in [2.24, 2.45) is 5.10 Å². The summed E-state index contributed by atoms with van der Waals surface area (Å²) in [5, 5.41) is 11.8. The fourth-order valence-corrected chi connectivity index (χ4v) is 3.74. The summed E-state index contributed by atoms with van der Waals surface area (Å²) in [7, 11) is 0. The van der Waals surface area contributed by atoms with Crippen LogP contribution in [0.4, 0.5) is 13.2 Å². The highest BCUT2D eigenvalue weighted by molar-refractivity contribution is 5.98. The molecule has 1 aromatic carbocycles. The summed E-state index contributed by atoms with van der Waals surface area (Å²) in [6, 6.07) is 4.27. The van der Waals surface area contributed by atoms with Gasteiger partial charge < -0.3 is 5.32 Å². The van der Waals surface area contributed by atoms with Crippen LogP contribution in [0.1, 0.15) is 71.1 Å². The van der Waals surface area contributed by atoms with E-state index in [1.165, 1.54) is 12.1 Å². The maximum Gasteiger partial charge on any atom is 0.416 e. The van der Waals surface area contributed by atoms with E-state index >= 15 is 0 Å². The molecule has 0 aliphatic heterocycles. The molecule has 7 nitrogen and oxygen atoms in total. The molecule has 0 radical (unpaired) electrons. The monoisotopic (exact) mass is 449 g/mol. The van der Waals surface area contributed by atoms with Gasteiger partial charge in [-0.3, -0.25) is 14.3 Å². The Morgan fingerprint density at radius 1 is 1.28 bits per heavy atom. The Bertz CT molecular complexity index is 1010. The van der Waals surface area contributed by atoms with Crippen molar-refractivity contribution in [3.8, 4) is 0 Å². The lowest BCUT2D eigenvalue weighted by Crippen LogP contribution is -2.39. The molecule has 1 saturated carbocycles. The molecule has 32 heavy (non-hydrogen) atoms. The second-order valence-corrected chi connectivity index (χ2v) is 7.99. The number of alkyl halides is 3. The van der Waals surface area contributed by atoms with Gasteiger partial charge in [-0.2, -0.15) is 23.4 Å². The average molecular weight is 449 g/mol. The number of nitrogens with zero attached hydrogens (tertiary/aromatic N) is 4. The summed E-state index contributed by atoms with van der Waals surface area (Å²) in [5.74, 6) is -0.988. The number of hydrogen-bond donors (Lipinski definition) is 1. The largest absolute Gasteiger partial charge is 0.416 e. The van der Waals surface area contributed by atoms with Gasteiger partial charge >= 0.3 is 6.18 Å². The van der Waals surface area contributed by atoms with E-state index < -0.39 is 29.6 Å². The number of carbonyl (C=O) groups excluding carboxylic acids is 2. The Kier molecular flexibility index (Phi) is 6.71. The van der Waals surface area contributed by atoms with Crippen molar-refractivity contribution in [1.29, 1.82) is 0 Å². The number of carbonyl (C=O) groups is 2. The van der Waals surface area contributed by atoms with E-state index in [1.54, 1.807) is 13.8 Å². The highest BCUT2D eigenvalue weighted by Crippen LogP contribution is 2.33. The van der Waals surface area contributed by atoms with Gasteiger partial charge in [-0.1, -0.05) is 12.1 Å². The average Bonchev–Trinajstić information content (AvgIpc) is 2.97. The molecular formula is C22H26F3N5O2. The van der Waals surface area contributed by atoms with Crippen LogP contribution in [0.3, 0.4) is 0 Å². The first-order chi connectivity index (χ1) is 15.0. The van der Waals surface area contributed by atoms with Gasteiger partial charge in [0.2, 0.25) is 5.91 Å². The van der Waals surface area contributed by atoms with E-state index in [2.05, 4.69) is 22.2 Å². The highest BCUT2D eigenvalue weighted by atomic mass is 19.4. The lowest BCUT2D eigenvalue weighted by Gasteiger charge is -2.27. The van der Waals surface area contributed by atoms with Gasteiger partial charge in [-0.15, -0.1) is 0 Å². The molecule has 1 N–H and O–H groups in total. The molecule has 0 spiro atoms. The van der Waals surface area contributed by atoms with Crippen molar-refractivity contribution in [2.75, 3.05) is 6.54 Å². The summed E-state index contributed by atoms with van der Waals surface area (Å²) in [6.45, 7) is 8.23. The van der Waals surface area contributed by atoms with Gasteiger partial charge in [0, 0.05) is 12.4 Å². The lowest BCUT2D eigenvalue weighted by molar-refractivity contribution is -0.137. The van der Waals surface area contributed by atoms with Gasteiger partial charge in [0.15, 0.2) is 0 Å². The molecule has 1 aliphatic carbocycles. The van der Waals surface area contributed by atoms with Crippen LogP contribution < -0.4 is 5.32 Å². The molecule has 0 bridgehead atoms. The molecule has 3 rings (SSSR count). The first-order valence-electron chi connectivity index (χ1n) is 10.3. The van der Waals surface area contributed by atoms with Crippen LogP contribution in [0.2, 0.25) is 0 Å². The van der Waals surface area contributed by atoms with Crippen LogP contribution in [0.15, 0.2) is 29.4 Å². The topological polar surface area (TPSA) is 79.6 Å². The highest BCUT2D eigenvalue weighted by Gasteiger charge is 2.31. The van der Waals surface area contributed by atoms with Crippen molar-refractivity contribution in [2.45, 2.75) is 58.3 Å². The number of nitrogens with one attached hydrogen (secondary N) is 1. The quantitative estimate of drug-likeness (QED) is 0.509. The smallest absolute Gasteiger partial charge is 0.348 e. The molecule has 1 aliphatic rings. The number of aromatic nitrogens is 2. The van der Waals surface area contributed by atoms with Crippen molar-refractivity contribution in [1.82, 2.24) is 20.1 Å². The van der Waals surface area contributed by atoms with E-state index in [0.29, 0.717) is 16.8 Å². The fraction of sp³-hybridized carbons (Fsp3) is 0.455. The molecule has 2 amide bonds. The SMILES string of the molecule is C=NN(CC(=O)N[C@@H](C)c1ccc(C(F)(F)F)cc1)C(=O)c1c(C)nn(C2CCC2)c1C. The molecule has 10 heteroatoms. The van der Waals surface area contributed by atoms with Crippen molar-refractivity contribution in [3.05, 3.63) is 52.3 Å². The number of benzene rings is 1. The molecular weight excluding hydrogens is 423 g/mol. The minimum absolute atomic E-state index is 0.285. The number of hydrogen-bond acceptors (Lipinski definition) is 4. The molecule has 1 aromatic heterocycles. The number of amides is 2. The molecule has 1 atom stereocenters. The molecule has 0 saturated heterocycles. The maximum atomic E-state index is 13.0. The van der Waals surface area contributed by atoms with E-state index in [9.17, 15) is 22.8 Å². The molecule has 172 valence electrons. The second kappa shape index (κ2) is 9.13. The van der Waals surface area contributed by atoms with E-state index in [-0.39, 0.29) is 12.6 Å². The summed E-state index contributed by atoms with van der Waals surface area (Å²) in [4.78, 5) is 25.5. The predicted molar refractivity (Wildman–Crippen MR) is 113 cm³/mol. The zero-order chi connectivity index (χ0) is 23.6. The fourth-order valence-electron chi connectivity index (χ4n) is 3.74. The second-order valence-electron chi connectivity index (χ2n) is 7.99. The van der Waals surface area contributed by atoms with Gasteiger partial charge in [-0.05, 0) is 57.7 Å². The Labute approximate surface area is 184 Å². The van der Waals surface area contributed by atoms with Gasteiger partial charge in [0.05, 0.1) is 28.9 Å². The van der Waals surface area contributed by atoms with Gasteiger partial charge in [0.25, 0.3) is 5.91 Å². The number of rotatable bonds is 7. The van der Waals surface area contributed by atoms with Crippen molar-refractivity contribution in [3.63, 3.8) is 0 Å². The van der Waals surface area contributed by atoms with E-state index in [1.807, 2.05) is 11.6 Å². The Hall–Kier alpha value is -3.17. The molecule has 1 fully saturated rings. The lowest BCUT2D eigenvalue weighted by atomic mass is 9.93. The minimum Gasteiger partial charge on any atom is -0.348 e. The van der Waals surface area contributed by atoms with E-state index in [0.717, 1.165) is 42.1 Å². The standard InChI is InChI=1S/C22H26F3N5O2/c1-13(16-8-10-17(11-9-16)22(23,24)25)27-19(31)12-29(26-4)21(32)20-14(2)28-30(15(20)3)18-6-5-7-18/h8-11,13,18H,4-7,12H2,1-3H3,(H,27,31)/t13-/m0/s1. The first kappa shape index (κ1) is 23.5. The van der Waals surface area contributed by atoms with Gasteiger partial charge in [0.1, 0.15) is 6.54 Å². The van der Waals surface area contributed by atoms with Crippen LogP contribution in [-0.2, 0) is 11.0 Å². The van der Waals surface area contributed by atoms with Crippen molar-refractivity contribution < 1.29 is 22.8 Å². The Balaban J connectivity index is 1.66. The zero-order valence-electron chi connectivity index (χ0n) is 18.2. The third kappa shape index (κ3) is 4.84. The van der Waals surface area contributed by atoms with Crippen LogP contribution >= 0.6 is 0 Å². The molecule has 2 aromatic rings. The number of aryl methyl sites for hydroxylation is 1. The van der Waals surface area contributed by atoms with Crippen LogP contribution in [0.25, 0.3) is 0 Å². The Morgan fingerprint density at radius 2 is 1.91 bits per heavy atom. The summed E-state index contributed by atoms with van der Waals surface area (Å²) in [6.07, 6.45) is -1.26. The summed E-state index contributed by atoms with van der Waals surface area (Å²) >= 11 is 0. The third-order valence-corrected chi connectivity index (χ3v) is 5.77. The predicted octanol–water partition coefficient (Wildman–Crippen LogP) is 4.18. The number of halogens is 3. The minimum atomic E-state index is -4.43. The molecule has 1 heterocycles. The zero-order valence-corrected chi connectivity index (χ0v) is 18.2. The third-order valence-electron chi connectivity index (χ3n) is 5.77. The first-order valence-corrected chi connectivity index (χ1v) is 10.3. The summed E-state index contributed by atoms with van der Waals surface area (Å²) < 4.78 is 40.0. The Morgan fingerprint density at radius 3 is 2.41 bits per heavy atom. The van der Waals surface area contributed by atoms with Crippen LogP contribution in [0, 0.1) is 13.8 Å². The molecule has 0 unspecified atom stereocenters. The van der Waals surface area contributed by atoms with Crippen LogP contribution in [-0.4, -0.2) is 39.9 Å². The number of hydrazone groups is 1. The van der Waals surface area contributed by atoms with Crippen LogP contribution in [0.5, 0.6) is 0 Å². The maximum absolute atomic E-state index is 13.0.